The largest absolute Gasteiger partial charge is 0.0654 e. The fourth-order valence-corrected chi connectivity index (χ4v) is 5.46. The van der Waals surface area contributed by atoms with Gasteiger partial charge in [0.2, 0.25) is 0 Å². The molecule has 1 unspecified atom stereocenters. The van der Waals surface area contributed by atoms with E-state index in [0.29, 0.717) is 0 Å². The summed E-state index contributed by atoms with van der Waals surface area (Å²) in [5.74, 6) is 0. The SMILES string of the molecule is CCCCCCP(c1ccccc1)c1ccccc1CC. The molecule has 0 saturated heterocycles. The van der Waals surface area contributed by atoms with Gasteiger partial charge in [0.05, 0.1) is 0 Å². The van der Waals surface area contributed by atoms with Crippen LogP contribution in [0.15, 0.2) is 54.6 Å². The summed E-state index contributed by atoms with van der Waals surface area (Å²) in [4.78, 5) is 0. The van der Waals surface area contributed by atoms with E-state index in [0.717, 1.165) is 6.42 Å². The van der Waals surface area contributed by atoms with Crippen LogP contribution in [0.2, 0.25) is 0 Å². The molecule has 112 valence electrons. The van der Waals surface area contributed by atoms with Gasteiger partial charge in [-0.15, -0.1) is 0 Å². The average Bonchev–Trinajstić information content (AvgIpc) is 2.56. The van der Waals surface area contributed by atoms with Gasteiger partial charge < -0.3 is 0 Å². The lowest BCUT2D eigenvalue weighted by Crippen LogP contribution is -2.17. The van der Waals surface area contributed by atoms with Gasteiger partial charge in [-0.2, -0.15) is 0 Å². The highest BCUT2D eigenvalue weighted by Gasteiger charge is 2.15. The Labute approximate surface area is 131 Å². The molecule has 0 fully saturated rings. The van der Waals surface area contributed by atoms with Gasteiger partial charge in [-0.3, -0.25) is 0 Å². The zero-order valence-corrected chi connectivity index (χ0v) is 14.3. The molecule has 0 saturated carbocycles. The van der Waals surface area contributed by atoms with Gasteiger partial charge in [0.15, 0.2) is 0 Å². The summed E-state index contributed by atoms with van der Waals surface area (Å²) in [6.45, 7) is 4.56. The first-order valence-electron chi connectivity index (χ1n) is 8.27. The first kappa shape index (κ1) is 16.2. The minimum absolute atomic E-state index is 0.194. The molecule has 0 aliphatic carbocycles. The topological polar surface area (TPSA) is 0 Å². The molecular formula is C20H27P. The van der Waals surface area contributed by atoms with Crippen LogP contribution in [-0.2, 0) is 6.42 Å². The quantitative estimate of drug-likeness (QED) is 0.460. The van der Waals surface area contributed by atoms with Crippen molar-refractivity contribution in [3.05, 3.63) is 60.2 Å². The molecule has 2 aromatic rings. The Morgan fingerprint density at radius 2 is 1.48 bits per heavy atom. The highest BCUT2D eigenvalue weighted by molar-refractivity contribution is 7.73. The lowest BCUT2D eigenvalue weighted by Gasteiger charge is -2.21. The summed E-state index contributed by atoms with van der Waals surface area (Å²) in [6.07, 6.45) is 7.87. The van der Waals surface area contributed by atoms with Crippen LogP contribution in [-0.4, -0.2) is 6.16 Å². The zero-order valence-electron chi connectivity index (χ0n) is 13.4. The van der Waals surface area contributed by atoms with Crippen molar-refractivity contribution in [1.82, 2.24) is 0 Å². The summed E-state index contributed by atoms with van der Waals surface area (Å²) >= 11 is 0. The minimum atomic E-state index is -0.194. The molecule has 0 aliphatic rings. The van der Waals surface area contributed by atoms with E-state index in [9.17, 15) is 0 Å². The highest BCUT2D eigenvalue weighted by Crippen LogP contribution is 2.36. The lowest BCUT2D eigenvalue weighted by atomic mass is 10.2. The second-order valence-electron chi connectivity index (χ2n) is 5.53. The standard InChI is InChI=1S/C20H27P/c1-3-5-6-12-17-21(19-14-8-7-9-15-19)20-16-11-10-13-18(20)4-2/h7-11,13-16H,3-6,12,17H2,1-2H3. The number of aryl methyl sites for hydroxylation is 1. The first-order chi connectivity index (χ1) is 10.4. The average molecular weight is 298 g/mol. The van der Waals surface area contributed by atoms with Crippen LogP contribution in [0.5, 0.6) is 0 Å². The summed E-state index contributed by atoms with van der Waals surface area (Å²) in [5.41, 5.74) is 1.53. The molecule has 0 aliphatic heterocycles. The van der Waals surface area contributed by atoms with Gasteiger partial charge in [0.25, 0.3) is 0 Å². The molecule has 0 N–H and O–H groups in total. The third-order valence-corrected chi connectivity index (χ3v) is 6.67. The van der Waals surface area contributed by atoms with Gasteiger partial charge in [0, 0.05) is 0 Å². The smallest absolute Gasteiger partial charge is 0.0163 e. The molecule has 2 rings (SSSR count). The van der Waals surface area contributed by atoms with Crippen LogP contribution in [0.25, 0.3) is 0 Å². The predicted octanol–water partition coefficient (Wildman–Crippen LogP) is 5.26. The molecule has 0 radical (unpaired) electrons. The molecule has 21 heavy (non-hydrogen) atoms. The fourth-order valence-electron chi connectivity index (χ4n) is 2.77. The third kappa shape index (κ3) is 4.68. The molecule has 2 aromatic carbocycles. The van der Waals surface area contributed by atoms with Crippen LogP contribution in [0, 0.1) is 0 Å². The Balaban J connectivity index is 2.23. The maximum absolute atomic E-state index is 2.36. The molecule has 1 heteroatoms. The van der Waals surface area contributed by atoms with Crippen molar-refractivity contribution in [2.75, 3.05) is 6.16 Å². The minimum Gasteiger partial charge on any atom is -0.0654 e. The second kappa shape index (κ2) is 9.00. The number of unbranched alkanes of at least 4 members (excludes halogenated alkanes) is 3. The van der Waals surface area contributed by atoms with Crippen LogP contribution < -0.4 is 10.6 Å². The molecule has 0 aromatic heterocycles. The molecule has 0 nitrogen and oxygen atoms in total. The summed E-state index contributed by atoms with van der Waals surface area (Å²) in [7, 11) is -0.194. The van der Waals surface area contributed by atoms with Crippen LogP contribution in [0.1, 0.15) is 45.1 Å². The molecule has 0 bridgehead atoms. The van der Waals surface area contributed by atoms with E-state index in [1.165, 1.54) is 42.7 Å². The van der Waals surface area contributed by atoms with E-state index in [-0.39, 0.29) is 7.92 Å². The maximum Gasteiger partial charge on any atom is -0.0163 e. The van der Waals surface area contributed by atoms with Gasteiger partial charge in [-0.25, -0.2) is 0 Å². The van der Waals surface area contributed by atoms with Crippen LogP contribution in [0.4, 0.5) is 0 Å². The zero-order chi connectivity index (χ0) is 14.9. The normalized spacial score (nSPS) is 12.3. The molecule has 0 spiro atoms. The molecule has 0 heterocycles. The molecule has 0 amide bonds. The number of benzene rings is 2. The van der Waals surface area contributed by atoms with E-state index in [2.05, 4.69) is 68.4 Å². The van der Waals surface area contributed by atoms with E-state index < -0.39 is 0 Å². The predicted molar refractivity (Wildman–Crippen MR) is 97.5 cm³/mol. The third-order valence-electron chi connectivity index (χ3n) is 3.97. The maximum atomic E-state index is 2.36. The van der Waals surface area contributed by atoms with Crippen molar-refractivity contribution in [2.45, 2.75) is 46.0 Å². The van der Waals surface area contributed by atoms with Crippen LogP contribution in [0.3, 0.4) is 0 Å². The second-order valence-corrected chi connectivity index (χ2v) is 7.83. The van der Waals surface area contributed by atoms with E-state index >= 15 is 0 Å². The fraction of sp³-hybridized carbons (Fsp3) is 0.400. The van der Waals surface area contributed by atoms with Crippen molar-refractivity contribution >= 4 is 18.5 Å². The van der Waals surface area contributed by atoms with E-state index in [4.69, 9.17) is 0 Å². The summed E-state index contributed by atoms with van der Waals surface area (Å²) in [5, 5.41) is 3.13. The lowest BCUT2D eigenvalue weighted by molar-refractivity contribution is 0.705. The van der Waals surface area contributed by atoms with Crippen LogP contribution >= 0.6 is 7.92 Å². The van der Waals surface area contributed by atoms with Crippen molar-refractivity contribution < 1.29 is 0 Å². The monoisotopic (exact) mass is 298 g/mol. The van der Waals surface area contributed by atoms with Gasteiger partial charge in [-0.1, -0.05) is 87.7 Å². The first-order valence-corrected chi connectivity index (χ1v) is 9.80. The summed E-state index contributed by atoms with van der Waals surface area (Å²) < 4.78 is 0. The number of hydrogen-bond acceptors (Lipinski definition) is 0. The van der Waals surface area contributed by atoms with E-state index in [1.807, 2.05) is 0 Å². The van der Waals surface area contributed by atoms with Gasteiger partial charge in [-0.05, 0) is 43.1 Å². The van der Waals surface area contributed by atoms with Crippen molar-refractivity contribution in [1.29, 1.82) is 0 Å². The molecular weight excluding hydrogens is 271 g/mol. The Morgan fingerprint density at radius 3 is 2.19 bits per heavy atom. The molecule has 1 atom stereocenters. The van der Waals surface area contributed by atoms with Gasteiger partial charge in [0.1, 0.15) is 0 Å². The van der Waals surface area contributed by atoms with Crippen molar-refractivity contribution in [3.63, 3.8) is 0 Å². The summed E-state index contributed by atoms with van der Waals surface area (Å²) in [6, 6.07) is 20.2. The number of rotatable bonds is 8. The number of hydrogen-bond donors (Lipinski definition) is 0. The van der Waals surface area contributed by atoms with Gasteiger partial charge >= 0.3 is 0 Å². The van der Waals surface area contributed by atoms with E-state index in [1.54, 1.807) is 5.30 Å². The Bertz CT molecular complexity index is 518. The Hall–Kier alpha value is -1.13. The Kier molecular flexibility index (Phi) is 6.96. The van der Waals surface area contributed by atoms with Crippen molar-refractivity contribution in [2.24, 2.45) is 0 Å². The van der Waals surface area contributed by atoms with Crippen molar-refractivity contribution in [3.8, 4) is 0 Å². The Morgan fingerprint density at radius 1 is 0.762 bits per heavy atom. The highest BCUT2D eigenvalue weighted by atomic mass is 31.1.